The molecule has 1 aromatic carbocycles. The highest BCUT2D eigenvalue weighted by Gasteiger charge is 2.38. The summed E-state index contributed by atoms with van der Waals surface area (Å²) in [4.78, 5) is 1.77. The van der Waals surface area contributed by atoms with Crippen molar-refractivity contribution >= 4 is 12.4 Å². The second-order valence-corrected chi connectivity index (χ2v) is 5.39. The van der Waals surface area contributed by atoms with E-state index in [1.807, 2.05) is 0 Å². The quantitative estimate of drug-likeness (QED) is 0.834. The smallest absolute Gasteiger partial charge is 0.390 e. The summed E-state index contributed by atoms with van der Waals surface area (Å²) in [6.45, 7) is 2.23. The predicted octanol–water partition coefficient (Wildman–Crippen LogP) is 2.73. The summed E-state index contributed by atoms with van der Waals surface area (Å²) in [7, 11) is 2.72. The van der Waals surface area contributed by atoms with E-state index in [-0.39, 0.29) is 29.7 Å². The van der Waals surface area contributed by atoms with Gasteiger partial charge in [0.2, 0.25) is 0 Å². The second-order valence-electron chi connectivity index (χ2n) is 5.39. The van der Waals surface area contributed by atoms with Gasteiger partial charge in [0, 0.05) is 38.3 Å². The van der Waals surface area contributed by atoms with Gasteiger partial charge in [0.15, 0.2) is 0 Å². The van der Waals surface area contributed by atoms with Gasteiger partial charge in [0.05, 0.1) is 32.2 Å². The molecular formula is C15H22ClF3N2O3. The number of methoxy groups -OCH3 is 2. The van der Waals surface area contributed by atoms with Gasteiger partial charge in [-0.1, -0.05) is 0 Å². The van der Waals surface area contributed by atoms with Crippen LogP contribution in [0.4, 0.5) is 13.2 Å². The summed E-state index contributed by atoms with van der Waals surface area (Å²) in [6.07, 6.45) is -5.34. The Balaban J connectivity index is 0.00000288. The van der Waals surface area contributed by atoms with Crippen LogP contribution in [-0.2, 0) is 0 Å². The lowest BCUT2D eigenvalue weighted by atomic mass is 9.98. The Labute approximate surface area is 145 Å². The summed E-state index contributed by atoms with van der Waals surface area (Å²) < 4.78 is 49.8. The zero-order valence-electron chi connectivity index (χ0n) is 13.5. The fraction of sp³-hybridized carbons (Fsp3) is 0.600. The lowest BCUT2D eigenvalue weighted by Crippen LogP contribution is -2.46. The lowest BCUT2D eigenvalue weighted by Gasteiger charge is -2.36. The Kier molecular flexibility index (Phi) is 7.44. The van der Waals surface area contributed by atoms with Crippen LogP contribution in [0.5, 0.6) is 17.2 Å². The minimum absolute atomic E-state index is 0. The van der Waals surface area contributed by atoms with E-state index in [2.05, 4.69) is 5.32 Å². The van der Waals surface area contributed by atoms with Crippen LogP contribution in [-0.4, -0.2) is 56.6 Å². The van der Waals surface area contributed by atoms with Crippen LogP contribution in [0.2, 0.25) is 0 Å². The van der Waals surface area contributed by atoms with Crippen LogP contribution >= 0.6 is 12.4 Å². The van der Waals surface area contributed by atoms with Gasteiger partial charge < -0.3 is 19.9 Å². The minimum Gasteiger partial charge on any atom is -0.508 e. The molecule has 0 amide bonds. The number of ether oxygens (including phenoxy) is 2. The van der Waals surface area contributed by atoms with Crippen molar-refractivity contribution < 1.29 is 27.8 Å². The third-order valence-corrected chi connectivity index (χ3v) is 3.88. The van der Waals surface area contributed by atoms with Crippen molar-refractivity contribution in [1.82, 2.24) is 10.2 Å². The Hall–Kier alpha value is -1.38. The number of aromatic hydroxyl groups is 1. The van der Waals surface area contributed by atoms with Crippen molar-refractivity contribution in [2.24, 2.45) is 0 Å². The molecule has 138 valence electrons. The number of phenolic OH excluding ortho intramolecular Hbond substituents is 1. The van der Waals surface area contributed by atoms with Gasteiger partial charge >= 0.3 is 6.18 Å². The normalized spacial score (nSPS) is 17.0. The molecule has 1 atom stereocenters. The molecule has 0 unspecified atom stereocenters. The van der Waals surface area contributed by atoms with Crippen molar-refractivity contribution in [3.05, 3.63) is 17.7 Å². The first kappa shape index (κ1) is 20.7. The Morgan fingerprint density at radius 1 is 1.17 bits per heavy atom. The van der Waals surface area contributed by atoms with E-state index in [1.165, 1.54) is 26.4 Å². The van der Waals surface area contributed by atoms with Crippen LogP contribution in [0.25, 0.3) is 0 Å². The molecule has 1 aliphatic rings. The minimum atomic E-state index is -4.33. The van der Waals surface area contributed by atoms with Crippen LogP contribution in [0.15, 0.2) is 12.1 Å². The largest absolute Gasteiger partial charge is 0.508 e. The van der Waals surface area contributed by atoms with Crippen LogP contribution in [0.3, 0.4) is 0 Å². The van der Waals surface area contributed by atoms with Gasteiger partial charge in [-0.25, -0.2) is 0 Å². The fourth-order valence-corrected chi connectivity index (χ4v) is 2.88. The van der Waals surface area contributed by atoms with Gasteiger partial charge in [-0.3, -0.25) is 4.90 Å². The van der Waals surface area contributed by atoms with Crippen molar-refractivity contribution in [2.75, 3.05) is 40.4 Å². The standard InChI is InChI=1S/C15H21F3N2O3.ClH/c1-22-12-7-10(21)8-13(23-2)14(12)11(9-15(16,17)18)20-5-3-19-4-6-20;/h7-8,11,19,21H,3-6,9H2,1-2H3;1H/t11-;/m1./s1. The number of nitrogens with zero attached hydrogens (tertiary/aromatic N) is 1. The molecular weight excluding hydrogens is 349 g/mol. The first-order valence-electron chi connectivity index (χ1n) is 7.32. The SMILES string of the molecule is COc1cc(O)cc(OC)c1[C@@H](CC(F)(F)F)N1CCNCC1.Cl. The average Bonchev–Trinajstić information content (AvgIpc) is 2.52. The van der Waals surface area contributed by atoms with E-state index in [1.54, 1.807) is 4.90 Å². The van der Waals surface area contributed by atoms with Crippen molar-refractivity contribution in [2.45, 2.75) is 18.6 Å². The van der Waals surface area contributed by atoms with Crippen LogP contribution < -0.4 is 14.8 Å². The van der Waals surface area contributed by atoms with Gasteiger partial charge in [0.25, 0.3) is 0 Å². The number of alkyl halides is 3. The van der Waals surface area contributed by atoms with E-state index in [9.17, 15) is 18.3 Å². The highest BCUT2D eigenvalue weighted by atomic mass is 35.5. The van der Waals surface area contributed by atoms with E-state index >= 15 is 0 Å². The Morgan fingerprint density at radius 3 is 2.08 bits per heavy atom. The van der Waals surface area contributed by atoms with Gasteiger partial charge in [-0.05, 0) is 0 Å². The Morgan fingerprint density at radius 2 is 1.67 bits per heavy atom. The summed E-state index contributed by atoms with van der Waals surface area (Å²) in [6, 6.07) is 1.69. The molecule has 1 saturated heterocycles. The second kappa shape index (κ2) is 8.64. The molecule has 0 bridgehead atoms. The number of phenols is 1. The number of halogens is 4. The molecule has 0 aromatic heterocycles. The van der Waals surface area contributed by atoms with Crippen molar-refractivity contribution in [3.63, 3.8) is 0 Å². The van der Waals surface area contributed by atoms with E-state index in [0.29, 0.717) is 31.7 Å². The van der Waals surface area contributed by atoms with E-state index in [4.69, 9.17) is 9.47 Å². The third-order valence-electron chi connectivity index (χ3n) is 3.88. The summed E-state index contributed by atoms with van der Waals surface area (Å²) in [5, 5.41) is 12.8. The molecule has 1 heterocycles. The number of nitrogens with one attached hydrogen (secondary N) is 1. The zero-order chi connectivity index (χ0) is 17.0. The lowest BCUT2D eigenvalue weighted by molar-refractivity contribution is -0.149. The number of rotatable bonds is 5. The fourth-order valence-electron chi connectivity index (χ4n) is 2.88. The van der Waals surface area contributed by atoms with Gasteiger partial charge in [-0.2, -0.15) is 13.2 Å². The molecule has 1 aromatic rings. The van der Waals surface area contributed by atoms with Crippen LogP contribution in [0, 0.1) is 0 Å². The highest BCUT2D eigenvalue weighted by molar-refractivity contribution is 5.85. The van der Waals surface area contributed by atoms with Crippen molar-refractivity contribution in [1.29, 1.82) is 0 Å². The third kappa shape index (κ3) is 5.06. The maximum atomic E-state index is 13.1. The number of hydrogen-bond acceptors (Lipinski definition) is 5. The van der Waals surface area contributed by atoms with E-state index < -0.39 is 18.6 Å². The maximum absolute atomic E-state index is 13.1. The maximum Gasteiger partial charge on any atom is 0.390 e. The number of hydrogen-bond donors (Lipinski definition) is 2. The predicted molar refractivity (Wildman–Crippen MR) is 86.3 cm³/mol. The molecule has 24 heavy (non-hydrogen) atoms. The molecule has 1 fully saturated rings. The Bertz CT molecular complexity index is 512. The molecule has 0 saturated carbocycles. The topological polar surface area (TPSA) is 54.0 Å². The van der Waals surface area contributed by atoms with Gasteiger partial charge in [0.1, 0.15) is 17.2 Å². The molecule has 0 aliphatic carbocycles. The summed E-state index contributed by atoms with van der Waals surface area (Å²) in [5.74, 6) is 0.262. The summed E-state index contributed by atoms with van der Waals surface area (Å²) in [5.41, 5.74) is 0.312. The van der Waals surface area contributed by atoms with E-state index in [0.717, 1.165) is 0 Å². The van der Waals surface area contributed by atoms with Gasteiger partial charge in [-0.15, -0.1) is 12.4 Å². The number of benzene rings is 1. The molecule has 2 N–H and O–H groups in total. The van der Waals surface area contributed by atoms with Crippen molar-refractivity contribution in [3.8, 4) is 17.2 Å². The molecule has 0 spiro atoms. The van der Waals surface area contributed by atoms with Crippen LogP contribution in [0.1, 0.15) is 18.0 Å². The molecule has 2 rings (SSSR count). The highest BCUT2D eigenvalue weighted by Crippen LogP contribution is 2.44. The summed E-state index contributed by atoms with van der Waals surface area (Å²) >= 11 is 0. The zero-order valence-corrected chi connectivity index (χ0v) is 14.3. The monoisotopic (exact) mass is 370 g/mol. The molecule has 9 heteroatoms. The first-order valence-corrected chi connectivity index (χ1v) is 7.32. The molecule has 1 aliphatic heterocycles. The first-order chi connectivity index (χ1) is 10.9. The number of piperazine rings is 1. The molecule has 0 radical (unpaired) electrons. The average molecular weight is 371 g/mol. The molecule has 5 nitrogen and oxygen atoms in total.